The normalized spacial score (nSPS) is 18.6. The van der Waals surface area contributed by atoms with Crippen LogP contribution in [0.4, 0.5) is 4.79 Å². The van der Waals surface area contributed by atoms with Crippen molar-refractivity contribution in [2.45, 2.75) is 31.8 Å². The molecule has 20 heavy (non-hydrogen) atoms. The Balaban J connectivity index is 1.95. The maximum Gasteiger partial charge on any atom is 0.326 e. The van der Waals surface area contributed by atoms with Crippen molar-refractivity contribution in [1.82, 2.24) is 10.2 Å². The van der Waals surface area contributed by atoms with Gasteiger partial charge in [0.1, 0.15) is 6.04 Å². The molecule has 1 atom stereocenters. The van der Waals surface area contributed by atoms with Crippen LogP contribution in [0.2, 0.25) is 0 Å². The lowest BCUT2D eigenvalue weighted by atomic mass is 10.0. The molecule has 2 amide bonds. The van der Waals surface area contributed by atoms with Crippen molar-refractivity contribution < 1.29 is 14.7 Å². The Bertz CT molecular complexity index is 507. The monoisotopic (exact) mass is 340 g/mol. The predicted octanol–water partition coefficient (Wildman–Crippen LogP) is 2.60. The maximum absolute atomic E-state index is 12.1. The molecule has 6 heteroatoms. The van der Waals surface area contributed by atoms with Crippen molar-refractivity contribution in [2.75, 3.05) is 6.54 Å². The van der Waals surface area contributed by atoms with Gasteiger partial charge in [0.05, 0.1) is 0 Å². The van der Waals surface area contributed by atoms with Crippen LogP contribution in [0.1, 0.15) is 24.8 Å². The van der Waals surface area contributed by atoms with Crippen molar-refractivity contribution in [3.8, 4) is 0 Å². The van der Waals surface area contributed by atoms with Crippen LogP contribution in [0.25, 0.3) is 0 Å². The van der Waals surface area contributed by atoms with Gasteiger partial charge in [-0.2, -0.15) is 0 Å². The lowest BCUT2D eigenvalue weighted by Crippen LogP contribution is -2.51. The Kier molecular flexibility index (Phi) is 5.00. The highest BCUT2D eigenvalue weighted by molar-refractivity contribution is 9.10. The average molecular weight is 341 g/mol. The molecule has 0 radical (unpaired) electrons. The Hall–Kier alpha value is -1.56. The van der Waals surface area contributed by atoms with Crippen molar-refractivity contribution in [2.24, 2.45) is 0 Å². The second kappa shape index (κ2) is 6.74. The summed E-state index contributed by atoms with van der Waals surface area (Å²) in [6.07, 6.45) is 2.24. The molecule has 0 aromatic heterocycles. The fourth-order valence-electron chi connectivity index (χ4n) is 2.36. The van der Waals surface area contributed by atoms with Gasteiger partial charge >= 0.3 is 12.0 Å². The van der Waals surface area contributed by atoms with Gasteiger partial charge in [0.2, 0.25) is 0 Å². The van der Waals surface area contributed by atoms with E-state index in [1.165, 1.54) is 4.90 Å². The number of carbonyl (C=O) groups is 2. The number of urea groups is 1. The highest BCUT2D eigenvalue weighted by Gasteiger charge is 2.31. The van der Waals surface area contributed by atoms with Crippen LogP contribution < -0.4 is 5.32 Å². The zero-order chi connectivity index (χ0) is 14.5. The van der Waals surface area contributed by atoms with E-state index in [4.69, 9.17) is 5.11 Å². The number of benzene rings is 1. The molecule has 1 aromatic rings. The van der Waals surface area contributed by atoms with Gasteiger partial charge in [0.25, 0.3) is 0 Å². The minimum absolute atomic E-state index is 0.308. The summed E-state index contributed by atoms with van der Waals surface area (Å²) >= 11 is 3.37. The van der Waals surface area contributed by atoms with Crippen molar-refractivity contribution in [3.63, 3.8) is 0 Å². The van der Waals surface area contributed by atoms with E-state index in [1.54, 1.807) is 0 Å². The lowest BCUT2D eigenvalue weighted by molar-refractivity contribution is -0.143. The molecule has 1 fully saturated rings. The number of halogens is 1. The number of nitrogens with zero attached hydrogens (tertiary/aromatic N) is 1. The highest BCUT2D eigenvalue weighted by atomic mass is 79.9. The minimum atomic E-state index is -0.928. The van der Waals surface area contributed by atoms with Crippen LogP contribution in [0.5, 0.6) is 0 Å². The average Bonchev–Trinajstić information content (AvgIpc) is 2.45. The molecule has 0 aliphatic carbocycles. The van der Waals surface area contributed by atoms with E-state index in [9.17, 15) is 9.59 Å². The van der Waals surface area contributed by atoms with Crippen LogP contribution in [0.3, 0.4) is 0 Å². The zero-order valence-corrected chi connectivity index (χ0v) is 12.6. The smallest absolute Gasteiger partial charge is 0.326 e. The number of likely N-dealkylation sites (tertiary alicyclic amines) is 1. The SMILES string of the molecule is O=C(O)C1CCCCN1C(=O)NCc1cccc(Br)c1. The van der Waals surface area contributed by atoms with E-state index in [0.29, 0.717) is 19.5 Å². The van der Waals surface area contributed by atoms with Gasteiger partial charge in [0, 0.05) is 17.6 Å². The predicted molar refractivity (Wildman–Crippen MR) is 78.4 cm³/mol. The third-order valence-electron chi connectivity index (χ3n) is 3.38. The van der Waals surface area contributed by atoms with Gasteiger partial charge in [-0.3, -0.25) is 0 Å². The van der Waals surface area contributed by atoms with Crippen LogP contribution in [0, 0.1) is 0 Å². The van der Waals surface area contributed by atoms with Crippen LogP contribution in [-0.4, -0.2) is 34.6 Å². The summed E-state index contributed by atoms with van der Waals surface area (Å²) in [4.78, 5) is 24.7. The Labute approximate surface area is 126 Å². The van der Waals surface area contributed by atoms with Crippen molar-refractivity contribution in [3.05, 3.63) is 34.3 Å². The molecular weight excluding hydrogens is 324 g/mol. The summed E-state index contributed by atoms with van der Waals surface area (Å²) in [5, 5.41) is 11.9. The molecule has 1 unspecified atom stereocenters. The van der Waals surface area contributed by atoms with Gasteiger partial charge < -0.3 is 15.3 Å². The number of piperidine rings is 1. The van der Waals surface area contributed by atoms with Gasteiger partial charge in [-0.1, -0.05) is 28.1 Å². The Morgan fingerprint density at radius 3 is 2.90 bits per heavy atom. The van der Waals surface area contributed by atoms with Crippen LogP contribution >= 0.6 is 15.9 Å². The summed E-state index contributed by atoms with van der Waals surface area (Å²) < 4.78 is 0.950. The van der Waals surface area contributed by atoms with E-state index in [-0.39, 0.29) is 6.03 Å². The minimum Gasteiger partial charge on any atom is -0.480 e. The molecule has 1 aliphatic heterocycles. The number of carboxylic acids is 1. The van der Waals surface area contributed by atoms with Crippen molar-refractivity contribution >= 4 is 27.9 Å². The van der Waals surface area contributed by atoms with Crippen LogP contribution in [0.15, 0.2) is 28.7 Å². The number of hydrogen-bond acceptors (Lipinski definition) is 2. The number of rotatable bonds is 3. The molecule has 108 valence electrons. The Morgan fingerprint density at radius 2 is 2.20 bits per heavy atom. The van der Waals surface area contributed by atoms with Crippen molar-refractivity contribution in [1.29, 1.82) is 0 Å². The molecule has 2 rings (SSSR count). The third-order valence-corrected chi connectivity index (χ3v) is 3.87. The molecule has 1 saturated heterocycles. The number of nitrogens with one attached hydrogen (secondary N) is 1. The number of carbonyl (C=O) groups excluding carboxylic acids is 1. The number of hydrogen-bond donors (Lipinski definition) is 2. The number of amides is 2. The van der Waals surface area contributed by atoms with Gasteiger partial charge in [0.15, 0.2) is 0 Å². The summed E-state index contributed by atoms with van der Waals surface area (Å²) in [5.74, 6) is -0.928. The molecule has 0 bridgehead atoms. The van der Waals surface area contributed by atoms with E-state index in [1.807, 2.05) is 24.3 Å². The highest BCUT2D eigenvalue weighted by Crippen LogP contribution is 2.17. The second-order valence-corrected chi connectivity index (χ2v) is 5.75. The molecule has 0 saturated carbocycles. The summed E-state index contributed by atoms with van der Waals surface area (Å²) in [7, 11) is 0. The maximum atomic E-state index is 12.1. The summed E-state index contributed by atoms with van der Waals surface area (Å²) in [6.45, 7) is 0.891. The van der Waals surface area contributed by atoms with E-state index in [0.717, 1.165) is 22.9 Å². The van der Waals surface area contributed by atoms with E-state index in [2.05, 4.69) is 21.2 Å². The zero-order valence-electron chi connectivity index (χ0n) is 11.0. The van der Waals surface area contributed by atoms with E-state index >= 15 is 0 Å². The topological polar surface area (TPSA) is 69.6 Å². The first-order valence-corrected chi connectivity index (χ1v) is 7.39. The largest absolute Gasteiger partial charge is 0.480 e. The van der Waals surface area contributed by atoms with Crippen LogP contribution in [-0.2, 0) is 11.3 Å². The first-order valence-electron chi connectivity index (χ1n) is 6.59. The molecule has 2 N–H and O–H groups in total. The van der Waals surface area contributed by atoms with Gasteiger partial charge in [-0.15, -0.1) is 0 Å². The molecule has 5 nitrogen and oxygen atoms in total. The summed E-state index contributed by atoms with van der Waals surface area (Å²) in [5.41, 5.74) is 0.969. The quantitative estimate of drug-likeness (QED) is 0.888. The third kappa shape index (κ3) is 3.72. The second-order valence-electron chi connectivity index (χ2n) is 4.83. The van der Waals surface area contributed by atoms with Gasteiger partial charge in [-0.05, 0) is 37.0 Å². The fourth-order valence-corrected chi connectivity index (χ4v) is 2.80. The fraction of sp³-hybridized carbons (Fsp3) is 0.429. The first kappa shape index (κ1) is 14.8. The molecule has 0 spiro atoms. The number of carboxylic acid groups (broad SMARTS) is 1. The molecule has 1 aliphatic rings. The van der Waals surface area contributed by atoms with Gasteiger partial charge in [-0.25, -0.2) is 9.59 Å². The molecule has 1 heterocycles. The molecular formula is C14H17BrN2O3. The lowest BCUT2D eigenvalue weighted by Gasteiger charge is -2.32. The molecule has 1 aromatic carbocycles. The summed E-state index contributed by atoms with van der Waals surface area (Å²) in [6, 6.07) is 6.63. The number of aliphatic carboxylic acids is 1. The standard InChI is InChI=1S/C14H17BrN2O3/c15-11-5-3-4-10(8-11)9-16-14(20)17-7-2-1-6-12(17)13(18)19/h3-5,8,12H,1-2,6-7,9H2,(H,16,20)(H,18,19). The van der Waals surface area contributed by atoms with E-state index < -0.39 is 12.0 Å². The first-order chi connectivity index (χ1) is 9.58. The Morgan fingerprint density at radius 1 is 1.40 bits per heavy atom.